The molecule has 1 fully saturated rings. The van der Waals surface area contributed by atoms with E-state index in [-0.39, 0.29) is 12.0 Å². The predicted molar refractivity (Wildman–Crippen MR) is 79.9 cm³/mol. The zero-order valence-electron chi connectivity index (χ0n) is 10.5. The molecule has 0 aliphatic carbocycles. The van der Waals surface area contributed by atoms with Crippen molar-refractivity contribution in [3.8, 4) is 0 Å². The van der Waals surface area contributed by atoms with E-state index in [1.807, 2.05) is 12.1 Å². The van der Waals surface area contributed by atoms with Crippen LogP contribution in [0.25, 0.3) is 0 Å². The van der Waals surface area contributed by atoms with E-state index in [2.05, 4.69) is 31.4 Å². The number of hydrogen-bond donors (Lipinski definition) is 1. The van der Waals surface area contributed by atoms with Crippen LogP contribution in [0.3, 0.4) is 0 Å². The third-order valence-electron chi connectivity index (χ3n) is 2.95. The lowest BCUT2D eigenvalue weighted by atomic mass is 10.2. The summed E-state index contributed by atoms with van der Waals surface area (Å²) in [6.07, 6.45) is 2.04. The number of aromatic nitrogens is 2. The quantitative estimate of drug-likeness (QED) is 0.918. The topological polar surface area (TPSA) is 64.1 Å². The molecule has 0 saturated carbocycles. The molecule has 7 heteroatoms. The van der Waals surface area contributed by atoms with Crippen molar-refractivity contribution in [2.24, 2.45) is 0 Å². The molecule has 1 aromatic heterocycles. The number of nitrogens with zero attached hydrogens (tertiary/aromatic N) is 2. The lowest BCUT2D eigenvalue weighted by molar-refractivity contribution is 0.102. The van der Waals surface area contributed by atoms with Crippen LogP contribution in [0.5, 0.6) is 0 Å². The lowest BCUT2D eigenvalue weighted by Gasteiger charge is -2.03. The molecule has 1 aromatic carbocycles. The Morgan fingerprint density at radius 1 is 1.45 bits per heavy atom. The molecule has 1 saturated heterocycles. The Morgan fingerprint density at radius 3 is 3.10 bits per heavy atom. The highest BCUT2D eigenvalue weighted by molar-refractivity contribution is 9.10. The van der Waals surface area contributed by atoms with Gasteiger partial charge in [0, 0.05) is 16.6 Å². The highest BCUT2D eigenvalue weighted by atomic mass is 79.9. The average molecular weight is 354 g/mol. The van der Waals surface area contributed by atoms with E-state index >= 15 is 0 Å². The molecule has 1 N–H and O–H groups in total. The Balaban J connectivity index is 1.70. The van der Waals surface area contributed by atoms with Gasteiger partial charge in [0.1, 0.15) is 11.1 Å². The maximum absolute atomic E-state index is 12.1. The minimum Gasteiger partial charge on any atom is -0.371 e. The maximum atomic E-state index is 12.1. The molecule has 20 heavy (non-hydrogen) atoms. The van der Waals surface area contributed by atoms with E-state index in [4.69, 9.17) is 4.74 Å². The van der Waals surface area contributed by atoms with E-state index in [1.165, 1.54) is 11.3 Å². The highest BCUT2D eigenvalue weighted by Gasteiger charge is 2.22. The summed E-state index contributed by atoms with van der Waals surface area (Å²) in [7, 11) is 0. The number of halogens is 1. The predicted octanol–water partition coefficient (Wildman–Crippen LogP) is 3.40. The van der Waals surface area contributed by atoms with Crippen molar-refractivity contribution in [3.05, 3.63) is 39.3 Å². The molecule has 0 radical (unpaired) electrons. The number of ether oxygens (including phenoxy) is 1. The first-order chi connectivity index (χ1) is 9.72. The van der Waals surface area contributed by atoms with Crippen LogP contribution in [0.1, 0.15) is 34.3 Å². The smallest absolute Gasteiger partial charge is 0.257 e. The van der Waals surface area contributed by atoms with Crippen LogP contribution in [0.15, 0.2) is 28.7 Å². The Kier molecular flexibility index (Phi) is 4.09. The largest absolute Gasteiger partial charge is 0.371 e. The number of anilines is 1. The van der Waals surface area contributed by atoms with Gasteiger partial charge in [-0.25, -0.2) is 0 Å². The van der Waals surface area contributed by atoms with E-state index in [0.29, 0.717) is 10.7 Å². The fourth-order valence-electron chi connectivity index (χ4n) is 1.99. The molecule has 1 aliphatic heterocycles. The third kappa shape index (κ3) is 3.05. The van der Waals surface area contributed by atoms with Crippen molar-refractivity contribution in [2.45, 2.75) is 18.9 Å². The molecule has 1 atom stereocenters. The van der Waals surface area contributed by atoms with Crippen molar-refractivity contribution in [1.82, 2.24) is 10.2 Å². The first-order valence-corrected chi connectivity index (χ1v) is 7.85. The number of carbonyl (C=O) groups is 1. The molecule has 1 amide bonds. The van der Waals surface area contributed by atoms with Gasteiger partial charge in [0.25, 0.3) is 5.91 Å². The normalized spacial score (nSPS) is 18.1. The fraction of sp³-hybridized carbons (Fsp3) is 0.308. The van der Waals surface area contributed by atoms with Crippen LogP contribution in [0.4, 0.5) is 5.13 Å². The molecule has 2 heterocycles. The molecule has 0 unspecified atom stereocenters. The Labute approximate surface area is 128 Å². The highest BCUT2D eigenvalue weighted by Crippen LogP contribution is 2.32. The van der Waals surface area contributed by atoms with Gasteiger partial charge in [0.15, 0.2) is 0 Å². The van der Waals surface area contributed by atoms with Gasteiger partial charge in [-0.1, -0.05) is 33.3 Å². The SMILES string of the molecule is O=C(Nc1nnc([C@@H]2CCCO2)s1)c1cccc(Br)c1. The molecular formula is C13H12BrN3O2S. The fourth-order valence-corrected chi connectivity index (χ4v) is 3.21. The van der Waals surface area contributed by atoms with Gasteiger partial charge in [0.05, 0.1) is 0 Å². The van der Waals surface area contributed by atoms with Gasteiger partial charge >= 0.3 is 0 Å². The number of amides is 1. The molecule has 1 aliphatic rings. The van der Waals surface area contributed by atoms with E-state index in [0.717, 1.165) is 28.9 Å². The first kappa shape index (κ1) is 13.7. The minimum absolute atomic E-state index is 0.0315. The van der Waals surface area contributed by atoms with Crippen LogP contribution in [0.2, 0.25) is 0 Å². The van der Waals surface area contributed by atoms with Crippen LogP contribution in [-0.4, -0.2) is 22.7 Å². The van der Waals surface area contributed by atoms with Gasteiger partial charge in [-0.3, -0.25) is 10.1 Å². The summed E-state index contributed by atoms with van der Waals surface area (Å²) in [4.78, 5) is 12.1. The Morgan fingerprint density at radius 2 is 2.35 bits per heavy atom. The second-order valence-electron chi connectivity index (χ2n) is 4.41. The summed E-state index contributed by atoms with van der Waals surface area (Å²) < 4.78 is 6.41. The monoisotopic (exact) mass is 353 g/mol. The van der Waals surface area contributed by atoms with Crippen LogP contribution < -0.4 is 5.32 Å². The second-order valence-corrected chi connectivity index (χ2v) is 6.34. The Bertz CT molecular complexity index is 626. The van der Waals surface area contributed by atoms with Crippen LogP contribution in [0, 0.1) is 0 Å². The van der Waals surface area contributed by atoms with Crippen molar-refractivity contribution < 1.29 is 9.53 Å². The molecular weight excluding hydrogens is 342 g/mol. The van der Waals surface area contributed by atoms with Crippen molar-refractivity contribution in [3.63, 3.8) is 0 Å². The van der Waals surface area contributed by atoms with Crippen LogP contribution in [-0.2, 0) is 4.74 Å². The zero-order chi connectivity index (χ0) is 13.9. The van der Waals surface area contributed by atoms with Crippen molar-refractivity contribution in [1.29, 1.82) is 0 Å². The summed E-state index contributed by atoms with van der Waals surface area (Å²) >= 11 is 4.71. The third-order valence-corrected chi connectivity index (χ3v) is 4.38. The average Bonchev–Trinajstić information content (AvgIpc) is 3.08. The van der Waals surface area contributed by atoms with Crippen LogP contribution >= 0.6 is 27.3 Å². The summed E-state index contributed by atoms with van der Waals surface area (Å²) in [5.41, 5.74) is 0.577. The van der Waals surface area contributed by atoms with E-state index in [1.54, 1.807) is 12.1 Å². The summed E-state index contributed by atoms with van der Waals surface area (Å²) in [6, 6.07) is 7.20. The number of carbonyl (C=O) groups excluding carboxylic acids is 1. The van der Waals surface area contributed by atoms with Gasteiger partial charge in [0.2, 0.25) is 5.13 Å². The number of nitrogens with one attached hydrogen (secondary N) is 1. The molecule has 5 nitrogen and oxygen atoms in total. The van der Waals surface area contributed by atoms with Gasteiger partial charge in [-0.15, -0.1) is 10.2 Å². The zero-order valence-corrected chi connectivity index (χ0v) is 12.9. The standard InChI is InChI=1S/C13H12BrN3O2S/c14-9-4-1-3-8(7-9)11(18)15-13-17-16-12(20-13)10-5-2-6-19-10/h1,3-4,7,10H,2,5-6H2,(H,15,17,18)/t10-/m0/s1. The maximum Gasteiger partial charge on any atom is 0.257 e. The molecule has 104 valence electrons. The number of hydrogen-bond acceptors (Lipinski definition) is 5. The van der Waals surface area contributed by atoms with Gasteiger partial charge < -0.3 is 4.74 Å². The summed E-state index contributed by atoms with van der Waals surface area (Å²) in [5.74, 6) is -0.193. The lowest BCUT2D eigenvalue weighted by Crippen LogP contribution is -2.11. The minimum atomic E-state index is -0.193. The van der Waals surface area contributed by atoms with Crippen molar-refractivity contribution >= 4 is 38.3 Å². The summed E-state index contributed by atoms with van der Waals surface area (Å²) in [6.45, 7) is 0.768. The molecule has 0 bridgehead atoms. The number of rotatable bonds is 3. The van der Waals surface area contributed by atoms with Crippen molar-refractivity contribution in [2.75, 3.05) is 11.9 Å². The Hall–Kier alpha value is -1.31. The van der Waals surface area contributed by atoms with Gasteiger partial charge in [-0.05, 0) is 31.0 Å². The first-order valence-electron chi connectivity index (χ1n) is 6.24. The van der Waals surface area contributed by atoms with E-state index in [9.17, 15) is 4.79 Å². The molecule has 0 spiro atoms. The van der Waals surface area contributed by atoms with Gasteiger partial charge in [-0.2, -0.15) is 0 Å². The number of benzene rings is 1. The van der Waals surface area contributed by atoms with E-state index < -0.39 is 0 Å². The summed E-state index contributed by atoms with van der Waals surface area (Å²) in [5, 5.41) is 12.2. The molecule has 2 aromatic rings. The second kappa shape index (κ2) is 5.99. The molecule has 3 rings (SSSR count).